The summed E-state index contributed by atoms with van der Waals surface area (Å²) in [6, 6.07) is 0. The van der Waals surface area contributed by atoms with Crippen molar-refractivity contribution in [2.45, 2.75) is 96.8 Å². The van der Waals surface area contributed by atoms with Crippen LogP contribution in [0.25, 0.3) is 0 Å². The van der Waals surface area contributed by atoms with Crippen molar-refractivity contribution in [2.24, 2.45) is 5.73 Å². The Morgan fingerprint density at radius 2 is 1.29 bits per heavy atom. The second-order valence-corrected chi connectivity index (χ2v) is 7.35. The van der Waals surface area contributed by atoms with E-state index in [9.17, 15) is 9.36 Å². The molecule has 0 aliphatic rings. The lowest BCUT2D eigenvalue weighted by Gasteiger charge is -2.05. The molecule has 0 heterocycles. The van der Waals surface area contributed by atoms with Crippen LogP contribution in [-0.4, -0.2) is 19.1 Å². The Kier molecular flexibility index (Phi) is 18.7. The molecule has 24 heavy (non-hydrogen) atoms. The minimum atomic E-state index is -2.70. The third-order valence-corrected chi connectivity index (χ3v) is 4.85. The zero-order valence-corrected chi connectivity index (χ0v) is 16.5. The molecule has 144 valence electrons. The highest BCUT2D eigenvalue weighted by Gasteiger charge is 2.07. The van der Waals surface area contributed by atoms with Crippen LogP contribution in [0.3, 0.4) is 0 Å². The molecule has 0 amide bonds. The van der Waals surface area contributed by atoms with Crippen LogP contribution in [0.1, 0.15) is 96.8 Å². The standard InChI is InChI=1S/C18H38NO4P/c1-2-3-4-5-6-7-8-9-10-11-12-13-14-15-18(20)23-24(21)22-17-16-19/h24H,2-17,19H2,1H3. The Morgan fingerprint density at radius 1 is 0.833 bits per heavy atom. The summed E-state index contributed by atoms with van der Waals surface area (Å²) in [6.45, 7) is 2.68. The largest absolute Gasteiger partial charge is 0.394 e. The normalized spacial score (nSPS) is 12.2. The molecule has 0 rings (SSSR count). The maximum Gasteiger partial charge on any atom is 0.370 e. The van der Waals surface area contributed by atoms with Gasteiger partial charge in [0.2, 0.25) is 0 Å². The van der Waals surface area contributed by atoms with Gasteiger partial charge in [-0.15, -0.1) is 0 Å². The number of hydrogen-bond acceptors (Lipinski definition) is 5. The molecule has 0 aliphatic carbocycles. The first kappa shape index (κ1) is 23.6. The smallest absolute Gasteiger partial charge is 0.370 e. The Morgan fingerprint density at radius 3 is 1.75 bits per heavy atom. The number of rotatable bonds is 18. The van der Waals surface area contributed by atoms with E-state index >= 15 is 0 Å². The SMILES string of the molecule is CCCCCCCCCCCCCCCC(=O)O[PH](=O)OCCN. The minimum Gasteiger partial charge on any atom is -0.394 e. The Labute approximate surface area is 149 Å². The summed E-state index contributed by atoms with van der Waals surface area (Å²) in [5.41, 5.74) is 5.21. The van der Waals surface area contributed by atoms with Crippen molar-refractivity contribution in [3.8, 4) is 0 Å². The van der Waals surface area contributed by atoms with Gasteiger partial charge in [0, 0.05) is 13.0 Å². The summed E-state index contributed by atoms with van der Waals surface area (Å²) in [4.78, 5) is 11.4. The molecular weight excluding hydrogens is 325 g/mol. The average Bonchev–Trinajstić information content (AvgIpc) is 2.57. The molecule has 0 fully saturated rings. The number of hydrogen-bond donors (Lipinski definition) is 1. The monoisotopic (exact) mass is 363 g/mol. The van der Waals surface area contributed by atoms with Crippen LogP contribution in [0.5, 0.6) is 0 Å². The first-order valence-corrected chi connectivity index (χ1v) is 11.0. The highest BCUT2D eigenvalue weighted by atomic mass is 31.1. The summed E-state index contributed by atoms with van der Waals surface area (Å²) < 4.78 is 20.7. The van der Waals surface area contributed by atoms with Crippen LogP contribution in [0.4, 0.5) is 0 Å². The van der Waals surface area contributed by atoms with E-state index in [0.29, 0.717) is 6.42 Å². The molecule has 1 atom stereocenters. The van der Waals surface area contributed by atoms with Crippen molar-refractivity contribution in [1.82, 2.24) is 0 Å². The number of carbonyl (C=O) groups is 1. The second kappa shape index (κ2) is 19.0. The molecular formula is C18H38NO4P. The quantitative estimate of drug-likeness (QED) is 0.261. The molecule has 0 aromatic rings. The predicted octanol–water partition coefficient (Wildman–Crippen LogP) is 5.38. The van der Waals surface area contributed by atoms with Gasteiger partial charge in [-0.3, -0.25) is 4.79 Å². The van der Waals surface area contributed by atoms with E-state index in [0.717, 1.165) is 19.3 Å². The van der Waals surface area contributed by atoms with Crippen molar-refractivity contribution in [2.75, 3.05) is 13.2 Å². The van der Waals surface area contributed by atoms with Gasteiger partial charge in [-0.2, -0.15) is 0 Å². The molecule has 1 unspecified atom stereocenters. The Balaban J connectivity index is 3.22. The van der Waals surface area contributed by atoms with Gasteiger partial charge in [-0.25, -0.2) is 4.57 Å². The van der Waals surface area contributed by atoms with E-state index in [-0.39, 0.29) is 13.2 Å². The molecule has 2 N–H and O–H groups in total. The van der Waals surface area contributed by atoms with Crippen molar-refractivity contribution < 1.29 is 18.4 Å². The van der Waals surface area contributed by atoms with Gasteiger partial charge in [0.15, 0.2) is 0 Å². The number of carbonyl (C=O) groups excluding carboxylic acids is 1. The molecule has 5 nitrogen and oxygen atoms in total. The van der Waals surface area contributed by atoms with Gasteiger partial charge < -0.3 is 14.8 Å². The zero-order chi connectivity index (χ0) is 17.9. The van der Waals surface area contributed by atoms with Crippen molar-refractivity contribution in [3.05, 3.63) is 0 Å². The summed E-state index contributed by atoms with van der Waals surface area (Å²) in [5, 5.41) is 0. The lowest BCUT2D eigenvalue weighted by atomic mass is 10.0. The molecule has 0 spiro atoms. The van der Waals surface area contributed by atoms with Crippen LogP contribution in [0.15, 0.2) is 0 Å². The average molecular weight is 363 g/mol. The van der Waals surface area contributed by atoms with E-state index in [1.807, 2.05) is 0 Å². The minimum absolute atomic E-state index is 0.157. The van der Waals surface area contributed by atoms with Crippen molar-refractivity contribution in [3.63, 3.8) is 0 Å². The first-order valence-electron chi connectivity index (χ1n) is 9.78. The maximum atomic E-state index is 11.4. The molecule has 0 bridgehead atoms. The molecule has 0 aromatic heterocycles. The van der Waals surface area contributed by atoms with Gasteiger partial charge in [0.1, 0.15) is 0 Å². The van der Waals surface area contributed by atoms with E-state index in [1.54, 1.807) is 0 Å². The zero-order valence-electron chi connectivity index (χ0n) is 15.5. The maximum absolute atomic E-state index is 11.4. The fourth-order valence-corrected chi connectivity index (χ4v) is 3.23. The van der Waals surface area contributed by atoms with Gasteiger partial charge in [-0.1, -0.05) is 84.0 Å². The first-order chi connectivity index (χ1) is 11.7. The topological polar surface area (TPSA) is 78.6 Å². The predicted molar refractivity (Wildman–Crippen MR) is 100 cm³/mol. The van der Waals surface area contributed by atoms with Gasteiger partial charge >= 0.3 is 14.2 Å². The lowest BCUT2D eigenvalue weighted by molar-refractivity contribution is -0.134. The molecule has 0 aromatic carbocycles. The van der Waals surface area contributed by atoms with Gasteiger partial charge in [0.05, 0.1) is 6.61 Å². The molecule has 0 saturated carbocycles. The highest BCUT2D eigenvalue weighted by molar-refractivity contribution is 7.34. The summed E-state index contributed by atoms with van der Waals surface area (Å²) >= 11 is 0. The van der Waals surface area contributed by atoms with Crippen molar-refractivity contribution in [1.29, 1.82) is 0 Å². The second-order valence-electron chi connectivity index (χ2n) is 6.35. The molecule has 6 heteroatoms. The fourth-order valence-electron chi connectivity index (χ4n) is 2.60. The van der Waals surface area contributed by atoms with Crippen LogP contribution in [-0.2, 0) is 18.4 Å². The van der Waals surface area contributed by atoms with Crippen LogP contribution >= 0.6 is 8.25 Å². The summed E-state index contributed by atoms with van der Waals surface area (Å²) in [6.07, 6.45) is 16.8. The summed E-state index contributed by atoms with van der Waals surface area (Å²) in [7, 11) is -2.70. The van der Waals surface area contributed by atoms with Gasteiger partial charge in [0.25, 0.3) is 0 Å². The summed E-state index contributed by atoms with van der Waals surface area (Å²) in [5.74, 6) is -0.431. The van der Waals surface area contributed by atoms with E-state index < -0.39 is 14.2 Å². The third kappa shape index (κ3) is 18.0. The van der Waals surface area contributed by atoms with E-state index in [4.69, 9.17) is 10.3 Å². The van der Waals surface area contributed by atoms with E-state index in [1.165, 1.54) is 64.2 Å². The van der Waals surface area contributed by atoms with E-state index in [2.05, 4.69) is 11.4 Å². The Bertz CT molecular complexity index is 313. The number of unbranched alkanes of at least 4 members (excludes halogenated alkanes) is 12. The molecule has 0 aliphatic heterocycles. The fraction of sp³-hybridized carbons (Fsp3) is 0.944. The molecule has 0 radical (unpaired) electrons. The van der Waals surface area contributed by atoms with Gasteiger partial charge in [-0.05, 0) is 6.42 Å². The van der Waals surface area contributed by atoms with Crippen LogP contribution in [0.2, 0.25) is 0 Å². The third-order valence-electron chi connectivity index (χ3n) is 4.02. The van der Waals surface area contributed by atoms with Crippen LogP contribution < -0.4 is 5.73 Å². The lowest BCUT2D eigenvalue weighted by Crippen LogP contribution is -2.06. The molecule has 0 saturated heterocycles. The van der Waals surface area contributed by atoms with Crippen LogP contribution in [0, 0.1) is 0 Å². The highest BCUT2D eigenvalue weighted by Crippen LogP contribution is 2.24. The van der Waals surface area contributed by atoms with Crippen molar-refractivity contribution >= 4 is 14.2 Å². The number of nitrogens with two attached hydrogens (primary N) is 1. The Hall–Kier alpha value is -0.380.